The summed E-state index contributed by atoms with van der Waals surface area (Å²) in [5, 5.41) is 9.47. The Hall–Kier alpha value is -3.38. The number of hydrogen-bond donors (Lipinski definition) is 0. The van der Waals surface area contributed by atoms with Crippen molar-refractivity contribution < 1.29 is 9.53 Å². The number of benzene rings is 3. The summed E-state index contributed by atoms with van der Waals surface area (Å²) in [6.07, 6.45) is 0. The van der Waals surface area contributed by atoms with Crippen LogP contribution in [0.1, 0.15) is 17.3 Å². The molecule has 0 unspecified atom stereocenters. The molecule has 5 nitrogen and oxygen atoms in total. The van der Waals surface area contributed by atoms with Gasteiger partial charge in [0.1, 0.15) is 5.75 Å². The molecule has 0 atom stereocenters. The van der Waals surface area contributed by atoms with Gasteiger partial charge in [-0.05, 0) is 43.3 Å². The Kier molecular flexibility index (Phi) is 6.25. The maximum Gasteiger partial charge on any atom is 0.196 e. The van der Waals surface area contributed by atoms with E-state index in [9.17, 15) is 4.79 Å². The number of hydrogen-bond acceptors (Lipinski definition) is 5. The molecule has 150 valence electrons. The summed E-state index contributed by atoms with van der Waals surface area (Å²) in [6.45, 7) is 2.53. The Labute approximate surface area is 179 Å². The normalized spacial score (nSPS) is 10.7. The van der Waals surface area contributed by atoms with E-state index in [1.165, 1.54) is 11.8 Å². The maximum absolute atomic E-state index is 12.7. The van der Waals surface area contributed by atoms with E-state index in [-0.39, 0.29) is 11.5 Å². The van der Waals surface area contributed by atoms with Crippen molar-refractivity contribution in [1.82, 2.24) is 14.8 Å². The molecule has 0 saturated carbocycles. The van der Waals surface area contributed by atoms with Crippen molar-refractivity contribution in [3.05, 3.63) is 90.5 Å². The molecule has 0 bridgehead atoms. The summed E-state index contributed by atoms with van der Waals surface area (Å²) < 4.78 is 7.43. The van der Waals surface area contributed by atoms with Crippen LogP contribution in [0.25, 0.3) is 17.1 Å². The summed E-state index contributed by atoms with van der Waals surface area (Å²) in [5.74, 6) is 1.82. The predicted octanol–water partition coefficient (Wildman–Crippen LogP) is 5.31. The minimum absolute atomic E-state index is 0.0342. The third-order valence-corrected chi connectivity index (χ3v) is 5.43. The molecule has 0 aliphatic heterocycles. The second-order valence-corrected chi connectivity index (χ2v) is 7.45. The molecule has 0 saturated heterocycles. The molecule has 0 amide bonds. The van der Waals surface area contributed by atoms with Crippen LogP contribution in [0.2, 0.25) is 0 Å². The molecule has 0 aliphatic rings. The van der Waals surface area contributed by atoms with Gasteiger partial charge in [0, 0.05) is 16.8 Å². The molecule has 0 N–H and O–H groups in total. The Morgan fingerprint density at radius 2 is 1.57 bits per heavy atom. The lowest BCUT2D eigenvalue weighted by atomic mass is 10.1. The van der Waals surface area contributed by atoms with Crippen molar-refractivity contribution in [3.8, 4) is 22.8 Å². The van der Waals surface area contributed by atoms with E-state index in [1.54, 1.807) is 12.1 Å². The van der Waals surface area contributed by atoms with Gasteiger partial charge in [-0.15, -0.1) is 10.2 Å². The average Bonchev–Trinajstić information content (AvgIpc) is 3.23. The van der Waals surface area contributed by atoms with Crippen molar-refractivity contribution >= 4 is 17.5 Å². The first kappa shape index (κ1) is 19.9. The molecule has 4 aromatic rings. The first-order valence-corrected chi connectivity index (χ1v) is 10.7. The van der Waals surface area contributed by atoms with Gasteiger partial charge in [-0.1, -0.05) is 60.3 Å². The smallest absolute Gasteiger partial charge is 0.196 e. The summed E-state index contributed by atoms with van der Waals surface area (Å²) in [7, 11) is 0. The van der Waals surface area contributed by atoms with Crippen molar-refractivity contribution in [2.75, 3.05) is 12.4 Å². The third kappa shape index (κ3) is 4.44. The molecular formula is C24H21N3O2S. The molecule has 6 heteroatoms. The highest BCUT2D eigenvalue weighted by Gasteiger charge is 2.17. The molecule has 3 aromatic carbocycles. The fourth-order valence-electron chi connectivity index (χ4n) is 3.06. The lowest BCUT2D eigenvalue weighted by molar-refractivity contribution is 0.102. The predicted molar refractivity (Wildman–Crippen MR) is 119 cm³/mol. The van der Waals surface area contributed by atoms with Gasteiger partial charge in [-0.2, -0.15) is 0 Å². The first-order chi connectivity index (χ1) is 14.8. The fourth-order valence-corrected chi connectivity index (χ4v) is 3.91. The van der Waals surface area contributed by atoms with E-state index < -0.39 is 0 Å². The number of carbonyl (C=O) groups is 1. The Morgan fingerprint density at radius 1 is 0.900 bits per heavy atom. The van der Waals surface area contributed by atoms with E-state index in [0.717, 1.165) is 22.8 Å². The highest BCUT2D eigenvalue weighted by Crippen LogP contribution is 2.28. The zero-order chi connectivity index (χ0) is 20.8. The van der Waals surface area contributed by atoms with Crippen LogP contribution in [0.3, 0.4) is 0 Å². The summed E-state index contributed by atoms with van der Waals surface area (Å²) in [5.41, 5.74) is 2.58. The van der Waals surface area contributed by atoms with E-state index in [4.69, 9.17) is 4.74 Å². The van der Waals surface area contributed by atoms with Crippen molar-refractivity contribution in [3.63, 3.8) is 0 Å². The monoisotopic (exact) mass is 415 g/mol. The van der Waals surface area contributed by atoms with E-state index in [0.29, 0.717) is 17.3 Å². The standard InChI is InChI=1S/C24H21N3O2S/c1-2-29-21-15-13-18(14-16-21)22(28)17-30-24-26-25-23(19-9-5-3-6-10-19)27(24)20-11-7-4-8-12-20/h3-16H,2,17H2,1H3. The van der Waals surface area contributed by atoms with Crippen molar-refractivity contribution in [2.45, 2.75) is 12.1 Å². The van der Waals surface area contributed by atoms with Crippen LogP contribution in [-0.4, -0.2) is 32.9 Å². The number of ether oxygens (including phenoxy) is 1. The lowest BCUT2D eigenvalue weighted by Crippen LogP contribution is -2.05. The van der Waals surface area contributed by atoms with Gasteiger partial charge in [0.2, 0.25) is 0 Å². The van der Waals surface area contributed by atoms with Crippen LogP contribution >= 0.6 is 11.8 Å². The third-order valence-electron chi connectivity index (χ3n) is 4.50. The van der Waals surface area contributed by atoms with Gasteiger partial charge in [-0.3, -0.25) is 9.36 Å². The molecule has 4 rings (SSSR count). The summed E-state index contributed by atoms with van der Waals surface area (Å²) in [4.78, 5) is 12.7. The van der Waals surface area contributed by atoms with Gasteiger partial charge in [0.25, 0.3) is 0 Å². The number of thioether (sulfide) groups is 1. The zero-order valence-corrected chi connectivity index (χ0v) is 17.4. The second-order valence-electron chi connectivity index (χ2n) is 6.51. The highest BCUT2D eigenvalue weighted by molar-refractivity contribution is 7.99. The molecule has 0 fully saturated rings. The Morgan fingerprint density at radius 3 is 2.23 bits per heavy atom. The van der Waals surface area contributed by atoms with Crippen LogP contribution in [0.5, 0.6) is 5.75 Å². The minimum Gasteiger partial charge on any atom is -0.494 e. The lowest BCUT2D eigenvalue weighted by Gasteiger charge is -2.10. The van der Waals surface area contributed by atoms with Crippen molar-refractivity contribution in [1.29, 1.82) is 0 Å². The van der Waals surface area contributed by atoms with Crippen LogP contribution in [0.15, 0.2) is 90.1 Å². The quantitative estimate of drug-likeness (QED) is 0.288. The van der Waals surface area contributed by atoms with Crippen LogP contribution < -0.4 is 4.74 Å². The number of nitrogens with zero attached hydrogens (tertiary/aromatic N) is 3. The van der Waals surface area contributed by atoms with Crippen molar-refractivity contribution in [2.24, 2.45) is 0 Å². The zero-order valence-electron chi connectivity index (χ0n) is 16.6. The molecule has 0 spiro atoms. The second kappa shape index (κ2) is 9.41. The topological polar surface area (TPSA) is 57.0 Å². The van der Waals surface area contributed by atoms with E-state index >= 15 is 0 Å². The van der Waals surface area contributed by atoms with Crippen LogP contribution in [-0.2, 0) is 0 Å². The minimum atomic E-state index is 0.0342. The molecule has 0 radical (unpaired) electrons. The Bertz CT molecular complexity index is 1110. The summed E-state index contributed by atoms with van der Waals surface area (Å²) in [6, 6.07) is 27.1. The van der Waals surface area contributed by atoms with Gasteiger partial charge < -0.3 is 4.74 Å². The number of carbonyl (C=O) groups excluding carboxylic acids is 1. The van der Waals surface area contributed by atoms with Gasteiger partial charge >= 0.3 is 0 Å². The molecule has 1 heterocycles. The number of rotatable bonds is 8. The molecule has 1 aromatic heterocycles. The van der Waals surface area contributed by atoms with Gasteiger partial charge in [0.15, 0.2) is 16.8 Å². The molecule has 0 aliphatic carbocycles. The largest absolute Gasteiger partial charge is 0.494 e. The average molecular weight is 416 g/mol. The number of para-hydroxylation sites is 1. The maximum atomic E-state index is 12.7. The van der Waals surface area contributed by atoms with Crippen LogP contribution in [0, 0.1) is 0 Å². The van der Waals surface area contributed by atoms with Gasteiger partial charge in [0.05, 0.1) is 12.4 Å². The number of ketones is 1. The molecule has 30 heavy (non-hydrogen) atoms. The van der Waals surface area contributed by atoms with E-state index in [2.05, 4.69) is 10.2 Å². The SMILES string of the molecule is CCOc1ccc(C(=O)CSc2nnc(-c3ccccc3)n2-c2ccccc2)cc1. The number of aromatic nitrogens is 3. The van der Waals surface area contributed by atoms with E-state index in [1.807, 2.05) is 84.3 Å². The number of Topliss-reactive ketones (excluding diaryl/α,β-unsaturated/α-hetero) is 1. The Balaban J connectivity index is 1.58. The first-order valence-electron chi connectivity index (χ1n) is 9.71. The highest BCUT2D eigenvalue weighted by atomic mass is 32.2. The van der Waals surface area contributed by atoms with Crippen LogP contribution in [0.4, 0.5) is 0 Å². The summed E-state index contributed by atoms with van der Waals surface area (Å²) >= 11 is 1.38. The fraction of sp³-hybridized carbons (Fsp3) is 0.125. The van der Waals surface area contributed by atoms with Gasteiger partial charge in [-0.25, -0.2) is 0 Å². The molecular weight excluding hydrogens is 394 g/mol.